The lowest BCUT2D eigenvalue weighted by atomic mass is 10.0. The quantitative estimate of drug-likeness (QED) is 0.645. The molecule has 1 aliphatic rings. The standard InChI is InChI=1S/C23H26F2N4O/c1-12(16-9-8-15(24)10-18(16)25)26-22(30)17-11-19(14-6-7-14)27-21-20(17)13(2)28-29(21)23(3,4)5/h8-12,14H,6-7H2,1-5H3,(H,26,30). The molecule has 0 bridgehead atoms. The fourth-order valence-corrected chi connectivity index (χ4v) is 3.75. The summed E-state index contributed by atoms with van der Waals surface area (Å²) < 4.78 is 29.3. The molecule has 0 radical (unpaired) electrons. The summed E-state index contributed by atoms with van der Waals surface area (Å²) in [4.78, 5) is 18.1. The van der Waals surface area contributed by atoms with Crippen molar-refractivity contribution in [2.24, 2.45) is 0 Å². The van der Waals surface area contributed by atoms with Gasteiger partial charge in [-0.2, -0.15) is 5.10 Å². The minimum absolute atomic E-state index is 0.236. The summed E-state index contributed by atoms with van der Waals surface area (Å²) in [5.74, 6) is -1.29. The maximum Gasteiger partial charge on any atom is 0.252 e. The van der Waals surface area contributed by atoms with Gasteiger partial charge < -0.3 is 5.32 Å². The van der Waals surface area contributed by atoms with Gasteiger partial charge in [-0.25, -0.2) is 18.4 Å². The number of carbonyl (C=O) groups excluding carboxylic acids is 1. The Labute approximate surface area is 174 Å². The molecule has 0 aliphatic heterocycles. The molecule has 1 amide bonds. The van der Waals surface area contributed by atoms with Gasteiger partial charge in [0.2, 0.25) is 0 Å². The third-order valence-corrected chi connectivity index (χ3v) is 5.48. The van der Waals surface area contributed by atoms with Crippen LogP contribution in [0.5, 0.6) is 0 Å². The van der Waals surface area contributed by atoms with Crippen LogP contribution in [0.15, 0.2) is 24.3 Å². The van der Waals surface area contributed by atoms with E-state index >= 15 is 0 Å². The van der Waals surface area contributed by atoms with E-state index in [1.165, 1.54) is 12.1 Å². The Morgan fingerprint density at radius 3 is 2.53 bits per heavy atom. The van der Waals surface area contributed by atoms with Gasteiger partial charge in [-0.3, -0.25) is 4.79 Å². The van der Waals surface area contributed by atoms with E-state index < -0.39 is 17.7 Å². The smallest absolute Gasteiger partial charge is 0.252 e. The lowest BCUT2D eigenvalue weighted by molar-refractivity contribution is 0.0941. The largest absolute Gasteiger partial charge is 0.345 e. The number of rotatable bonds is 4. The van der Waals surface area contributed by atoms with Gasteiger partial charge in [0.05, 0.1) is 28.2 Å². The number of aryl methyl sites for hydroxylation is 1. The highest BCUT2D eigenvalue weighted by atomic mass is 19.1. The molecule has 4 rings (SSSR count). The lowest BCUT2D eigenvalue weighted by Crippen LogP contribution is -2.28. The van der Waals surface area contributed by atoms with Crippen LogP contribution >= 0.6 is 0 Å². The Hall–Kier alpha value is -2.83. The van der Waals surface area contributed by atoms with Crippen LogP contribution in [0.4, 0.5) is 8.78 Å². The zero-order chi connectivity index (χ0) is 21.8. The molecule has 1 unspecified atom stereocenters. The first-order chi connectivity index (χ1) is 14.1. The average Bonchev–Trinajstić information content (AvgIpc) is 3.44. The Kier molecular flexibility index (Phi) is 4.87. The Bertz CT molecular complexity index is 1140. The third-order valence-electron chi connectivity index (χ3n) is 5.48. The predicted octanol–water partition coefficient (Wildman–Crippen LogP) is 5.14. The highest BCUT2D eigenvalue weighted by Crippen LogP contribution is 2.41. The van der Waals surface area contributed by atoms with E-state index in [9.17, 15) is 13.6 Å². The molecular formula is C23H26F2N4O. The first kappa shape index (κ1) is 20.4. The van der Waals surface area contributed by atoms with Gasteiger partial charge in [0, 0.05) is 23.2 Å². The number of hydrogen-bond acceptors (Lipinski definition) is 3. The zero-order valence-electron chi connectivity index (χ0n) is 17.9. The summed E-state index contributed by atoms with van der Waals surface area (Å²) in [6.07, 6.45) is 2.11. The second-order valence-corrected chi connectivity index (χ2v) is 9.10. The molecule has 1 saturated carbocycles. The molecule has 1 N–H and O–H groups in total. The molecule has 1 atom stereocenters. The van der Waals surface area contributed by atoms with Gasteiger partial charge >= 0.3 is 0 Å². The van der Waals surface area contributed by atoms with Crippen molar-refractivity contribution in [3.63, 3.8) is 0 Å². The van der Waals surface area contributed by atoms with Crippen molar-refractivity contribution < 1.29 is 13.6 Å². The number of benzene rings is 1. The SMILES string of the molecule is Cc1nn(C(C)(C)C)c2nc(C3CC3)cc(C(=O)NC(C)c3ccc(F)cc3F)c12. The summed E-state index contributed by atoms with van der Waals surface area (Å²) in [7, 11) is 0. The monoisotopic (exact) mass is 412 g/mol. The second-order valence-electron chi connectivity index (χ2n) is 9.10. The summed E-state index contributed by atoms with van der Waals surface area (Å²) in [6, 6.07) is 4.59. The Morgan fingerprint density at radius 2 is 1.93 bits per heavy atom. The van der Waals surface area contributed by atoms with Gasteiger partial charge in [0.15, 0.2) is 5.65 Å². The highest BCUT2D eigenvalue weighted by molar-refractivity contribution is 6.06. The number of hydrogen-bond donors (Lipinski definition) is 1. The Balaban J connectivity index is 1.77. The van der Waals surface area contributed by atoms with Crippen LogP contribution in [0, 0.1) is 18.6 Å². The molecule has 3 aromatic rings. The van der Waals surface area contributed by atoms with Crippen LogP contribution in [-0.4, -0.2) is 20.7 Å². The number of nitrogens with one attached hydrogen (secondary N) is 1. The van der Waals surface area contributed by atoms with E-state index in [1.807, 2.05) is 38.4 Å². The first-order valence-corrected chi connectivity index (χ1v) is 10.2. The average molecular weight is 412 g/mol. The van der Waals surface area contributed by atoms with Crippen LogP contribution in [0.1, 0.15) is 79.8 Å². The second kappa shape index (κ2) is 7.15. The van der Waals surface area contributed by atoms with Crippen LogP contribution in [0.25, 0.3) is 11.0 Å². The molecule has 5 nitrogen and oxygen atoms in total. The fraction of sp³-hybridized carbons (Fsp3) is 0.435. The number of amides is 1. The molecular weight excluding hydrogens is 386 g/mol. The number of fused-ring (bicyclic) bond motifs is 1. The van der Waals surface area contributed by atoms with Crippen LogP contribution < -0.4 is 5.32 Å². The van der Waals surface area contributed by atoms with Gasteiger partial charge in [0.1, 0.15) is 11.6 Å². The molecule has 30 heavy (non-hydrogen) atoms. The number of pyridine rings is 1. The van der Waals surface area contributed by atoms with Crippen molar-refractivity contribution in [2.75, 3.05) is 0 Å². The van der Waals surface area contributed by atoms with E-state index in [4.69, 9.17) is 4.98 Å². The van der Waals surface area contributed by atoms with Gasteiger partial charge in [0.25, 0.3) is 5.91 Å². The molecule has 1 fully saturated rings. The molecule has 1 aromatic carbocycles. The summed E-state index contributed by atoms with van der Waals surface area (Å²) in [5, 5.41) is 8.23. The van der Waals surface area contributed by atoms with E-state index in [1.54, 1.807) is 6.92 Å². The van der Waals surface area contributed by atoms with Crippen molar-refractivity contribution in [1.29, 1.82) is 0 Å². The molecule has 2 aromatic heterocycles. The van der Waals surface area contributed by atoms with Crippen LogP contribution in [0.3, 0.4) is 0 Å². The molecule has 0 spiro atoms. The Morgan fingerprint density at radius 1 is 1.23 bits per heavy atom. The summed E-state index contributed by atoms with van der Waals surface area (Å²) in [6.45, 7) is 9.68. The zero-order valence-corrected chi connectivity index (χ0v) is 17.9. The normalized spacial score (nSPS) is 15.4. The minimum atomic E-state index is -0.682. The molecule has 7 heteroatoms. The van der Waals surface area contributed by atoms with Crippen LogP contribution in [0.2, 0.25) is 0 Å². The predicted molar refractivity (Wildman–Crippen MR) is 111 cm³/mol. The van der Waals surface area contributed by atoms with Crippen molar-refractivity contribution in [3.8, 4) is 0 Å². The summed E-state index contributed by atoms with van der Waals surface area (Å²) >= 11 is 0. The third kappa shape index (κ3) is 3.68. The van der Waals surface area contributed by atoms with Gasteiger partial charge in [-0.1, -0.05) is 6.07 Å². The number of aromatic nitrogens is 3. The minimum Gasteiger partial charge on any atom is -0.345 e. The van der Waals surface area contributed by atoms with E-state index in [0.717, 1.165) is 30.3 Å². The van der Waals surface area contributed by atoms with Gasteiger partial charge in [-0.15, -0.1) is 0 Å². The molecule has 0 saturated heterocycles. The van der Waals surface area contributed by atoms with Crippen LogP contribution in [-0.2, 0) is 5.54 Å². The van der Waals surface area contributed by atoms with Crippen molar-refractivity contribution in [3.05, 3.63) is 58.4 Å². The lowest BCUT2D eigenvalue weighted by Gasteiger charge is -2.20. The number of nitrogens with zero attached hydrogens (tertiary/aromatic N) is 3. The van der Waals surface area contributed by atoms with Crippen molar-refractivity contribution in [2.45, 2.75) is 65.0 Å². The first-order valence-electron chi connectivity index (χ1n) is 10.2. The highest BCUT2D eigenvalue weighted by Gasteiger charge is 2.30. The molecule has 2 heterocycles. The van der Waals surface area contributed by atoms with E-state index in [-0.39, 0.29) is 17.0 Å². The number of carbonyl (C=O) groups is 1. The molecule has 158 valence electrons. The molecule has 1 aliphatic carbocycles. The van der Waals surface area contributed by atoms with Crippen molar-refractivity contribution in [1.82, 2.24) is 20.1 Å². The van der Waals surface area contributed by atoms with Crippen molar-refractivity contribution >= 4 is 16.9 Å². The topological polar surface area (TPSA) is 59.8 Å². The number of halogens is 2. The van der Waals surface area contributed by atoms with E-state index in [2.05, 4.69) is 10.4 Å². The summed E-state index contributed by atoms with van der Waals surface area (Å²) in [5.41, 5.74) is 2.73. The maximum atomic E-state index is 14.2. The van der Waals surface area contributed by atoms with E-state index in [0.29, 0.717) is 22.5 Å². The van der Waals surface area contributed by atoms with Gasteiger partial charge in [-0.05, 0) is 59.6 Å². The maximum absolute atomic E-state index is 14.2. The fourth-order valence-electron chi connectivity index (χ4n) is 3.75.